The third kappa shape index (κ3) is 1.54. The molecule has 1 aromatic carbocycles. The first-order valence-electron chi connectivity index (χ1n) is 7.31. The predicted molar refractivity (Wildman–Crippen MR) is 74.8 cm³/mol. The van der Waals surface area contributed by atoms with E-state index >= 15 is 0 Å². The van der Waals surface area contributed by atoms with Crippen LogP contribution in [0.4, 0.5) is 0 Å². The van der Waals surface area contributed by atoms with Crippen LogP contribution >= 0.6 is 0 Å². The first-order chi connectivity index (χ1) is 9.65. The summed E-state index contributed by atoms with van der Waals surface area (Å²) in [5, 5.41) is 9.45. The van der Waals surface area contributed by atoms with E-state index in [0.717, 1.165) is 31.2 Å². The number of nitriles is 1. The maximum absolute atomic E-state index is 12.6. The topological polar surface area (TPSA) is 50.1 Å². The van der Waals surface area contributed by atoms with Gasteiger partial charge in [-0.25, -0.2) is 0 Å². The van der Waals surface area contributed by atoms with Gasteiger partial charge in [-0.05, 0) is 25.3 Å². The number of hydrogen-bond acceptors (Lipinski definition) is 3. The van der Waals surface area contributed by atoms with Gasteiger partial charge < -0.3 is 4.74 Å². The van der Waals surface area contributed by atoms with E-state index in [1.54, 1.807) is 0 Å². The minimum atomic E-state index is -0.699. The molecule has 20 heavy (non-hydrogen) atoms. The van der Waals surface area contributed by atoms with Gasteiger partial charge in [0, 0.05) is 5.41 Å². The Balaban J connectivity index is 2.16. The molecule has 2 fully saturated rings. The summed E-state index contributed by atoms with van der Waals surface area (Å²) >= 11 is 0. The van der Waals surface area contributed by atoms with Crippen molar-refractivity contribution in [2.24, 2.45) is 5.41 Å². The van der Waals surface area contributed by atoms with Crippen LogP contribution in [-0.2, 0) is 14.9 Å². The zero-order valence-electron chi connectivity index (χ0n) is 11.8. The largest absolute Gasteiger partial charge is 0.446 e. The molecule has 1 aliphatic heterocycles. The van der Waals surface area contributed by atoms with Gasteiger partial charge in [-0.1, -0.05) is 49.6 Å². The average Bonchev–Trinajstić information content (AvgIpc) is 2.71. The molecule has 1 aliphatic carbocycles. The first kappa shape index (κ1) is 13.2. The molecule has 2 aliphatic rings. The summed E-state index contributed by atoms with van der Waals surface area (Å²) in [7, 11) is 0. The molecule has 1 saturated carbocycles. The Morgan fingerprint density at radius 1 is 1.20 bits per heavy atom. The van der Waals surface area contributed by atoms with Crippen LogP contribution in [-0.4, -0.2) is 12.1 Å². The average molecular weight is 269 g/mol. The standard InChI is InChI=1S/C17H19NO2/c1-16(13-8-4-2-5-9-13)15(19)20-14(12-18)17(16)10-6-3-7-11-17/h2,4-5,8-9,14H,3,6-7,10-11H2,1H3/t14-,16+/m0/s1. The summed E-state index contributed by atoms with van der Waals surface area (Å²) in [4.78, 5) is 12.6. The highest BCUT2D eigenvalue weighted by atomic mass is 16.6. The Hall–Kier alpha value is -1.82. The van der Waals surface area contributed by atoms with E-state index in [1.807, 2.05) is 37.3 Å². The molecule has 3 heteroatoms. The Morgan fingerprint density at radius 3 is 2.45 bits per heavy atom. The molecule has 1 saturated heterocycles. The maximum Gasteiger partial charge on any atom is 0.318 e. The normalized spacial score (nSPS) is 31.8. The molecule has 3 nitrogen and oxygen atoms in total. The van der Waals surface area contributed by atoms with E-state index in [1.165, 1.54) is 6.42 Å². The minimum absolute atomic E-state index is 0.239. The van der Waals surface area contributed by atoms with E-state index in [2.05, 4.69) is 6.07 Å². The second-order valence-corrected chi connectivity index (χ2v) is 6.12. The fourth-order valence-electron chi connectivity index (χ4n) is 4.07. The van der Waals surface area contributed by atoms with Crippen molar-refractivity contribution in [2.75, 3.05) is 0 Å². The van der Waals surface area contributed by atoms with Gasteiger partial charge >= 0.3 is 5.97 Å². The van der Waals surface area contributed by atoms with E-state index in [4.69, 9.17) is 4.74 Å². The highest BCUT2D eigenvalue weighted by Gasteiger charge is 2.65. The molecule has 0 bridgehead atoms. The van der Waals surface area contributed by atoms with E-state index in [9.17, 15) is 10.1 Å². The first-order valence-corrected chi connectivity index (χ1v) is 7.31. The van der Waals surface area contributed by atoms with Crippen LogP contribution in [0.5, 0.6) is 0 Å². The van der Waals surface area contributed by atoms with Crippen LogP contribution in [0.15, 0.2) is 30.3 Å². The molecule has 0 unspecified atom stereocenters. The number of rotatable bonds is 1. The summed E-state index contributed by atoms with van der Waals surface area (Å²) in [6.07, 6.45) is 4.48. The number of carbonyl (C=O) groups excluding carboxylic acids is 1. The molecule has 1 aromatic rings. The molecule has 0 amide bonds. The second-order valence-electron chi connectivity index (χ2n) is 6.12. The lowest BCUT2D eigenvalue weighted by Gasteiger charge is -2.44. The zero-order valence-corrected chi connectivity index (χ0v) is 11.8. The van der Waals surface area contributed by atoms with Gasteiger partial charge in [0.05, 0.1) is 0 Å². The van der Waals surface area contributed by atoms with E-state index < -0.39 is 11.5 Å². The SMILES string of the molecule is C[C@@]1(c2ccccc2)C(=O)O[C@@H](C#N)C12CCCCC2. The van der Waals surface area contributed by atoms with E-state index in [-0.39, 0.29) is 11.4 Å². The summed E-state index contributed by atoms with van der Waals surface area (Å²) < 4.78 is 5.47. The molecule has 0 N–H and O–H groups in total. The van der Waals surface area contributed by atoms with Crippen LogP contribution in [0.1, 0.15) is 44.6 Å². The highest BCUT2D eigenvalue weighted by Crippen LogP contribution is 2.58. The second kappa shape index (κ2) is 4.63. The van der Waals surface area contributed by atoms with Gasteiger partial charge in [-0.2, -0.15) is 5.26 Å². The number of carbonyl (C=O) groups is 1. The predicted octanol–water partition coefficient (Wildman–Crippen LogP) is 3.34. The Morgan fingerprint density at radius 2 is 1.85 bits per heavy atom. The summed E-state index contributed by atoms with van der Waals surface area (Å²) in [6, 6.07) is 12.0. The third-order valence-corrected chi connectivity index (χ3v) is 5.34. The van der Waals surface area contributed by atoms with Crippen LogP contribution in [0, 0.1) is 16.7 Å². The molecule has 0 radical (unpaired) electrons. The molecular formula is C17H19NO2. The monoisotopic (exact) mass is 269 g/mol. The minimum Gasteiger partial charge on any atom is -0.446 e. The molecule has 1 spiro atoms. The lowest BCUT2D eigenvalue weighted by atomic mass is 9.54. The lowest BCUT2D eigenvalue weighted by molar-refractivity contribution is -0.143. The number of nitrogens with zero attached hydrogens (tertiary/aromatic N) is 1. The Kier molecular flexibility index (Phi) is 3.05. The number of cyclic esters (lactones) is 1. The number of esters is 1. The summed E-state index contributed by atoms with van der Waals surface area (Å²) in [5.41, 5.74) is -0.0855. The molecule has 104 valence electrons. The maximum atomic E-state index is 12.6. The van der Waals surface area contributed by atoms with Crippen LogP contribution in [0.3, 0.4) is 0 Å². The summed E-state index contributed by atoms with van der Waals surface area (Å²) in [5.74, 6) is -0.239. The third-order valence-electron chi connectivity index (χ3n) is 5.34. The van der Waals surface area contributed by atoms with Gasteiger partial charge in [0.25, 0.3) is 0 Å². The lowest BCUT2D eigenvalue weighted by Crippen LogP contribution is -2.48. The van der Waals surface area contributed by atoms with Crippen molar-refractivity contribution in [2.45, 2.75) is 50.5 Å². The quantitative estimate of drug-likeness (QED) is 0.735. The number of ether oxygens (including phenoxy) is 1. The fourth-order valence-corrected chi connectivity index (χ4v) is 4.07. The fraction of sp³-hybridized carbons (Fsp3) is 0.529. The number of hydrogen-bond donors (Lipinski definition) is 0. The van der Waals surface area contributed by atoms with Gasteiger partial charge in [0.1, 0.15) is 11.5 Å². The molecule has 1 heterocycles. The molecule has 2 atom stereocenters. The van der Waals surface area contributed by atoms with Crippen molar-refractivity contribution in [3.63, 3.8) is 0 Å². The number of benzene rings is 1. The van der Waals surface area contributed by atoms with Crippen molar-refractivity contribution in [3.05, 3.63) is 35.9 Å². The highest BCUT2D eigenvalue weighted by molar-refractivity contribution is 5.87. The van der Waals surface area contributed by atoms with Crippen molar-refractivity contribution in [3.8, 4) is 6.07 Å². The summed E-state index contributed by atoms with van der Waals surface area (Å²) in [6.45, 7) is 1.97. The van der Waals surface area contributed by atoms with Gasteiger partial charge in [-0.3, -0.25) is 4.79 Å². The van der Waals surface area contributed by atoms with Crippen LogP contribution in [0.2, 0.25) is 0 Å². The molecule has 3 rings (SSSR count). The van der Waals surface area contributed by atoms with Crippen LogP contribution in [0.25, 0.3) is 0 Å². The zero-order chi connectivity index (χ0) is 14.2. The Bertz CT molecular complexity index is 554. The smallest absolute Gasteiger partial charge is 0.318 e. The van der Waals surface area contributed by atoms with Crippen molar-refractivity contribution >= 4 is 5.97 Å². The van der Waals surface area contributed by atoms with Gasteiger partial charge in [0.2, 0.25) is 0 Å². The van der Waals surface area contributed by atoms with E-state index in [0.29, 0.717) is 0 Å². The molecule has 0 aromatic heterocycles. The van der Waals surface area contributed by atoms with Gasteiger partial charge in [0.15, 0.2) is 6.10 Å². The van der Waals surface area contributed by atoms with Crippen LogP contribution < -0.4 is 0 Å². The van der Waals surface area contributed by atoms with Crippen molar-refractivity contribution in [1.29, 1.82) is 5.26 Å². The van der Waals surface area contributed by atoms with Gasteiger partial charge in [-0.15, -0.1) is 0 Å². The molecular weight excluding hydrogens is 250 g/mol. The van der Waals surface area contributed by atoms with Crippen molar-refractivity contribution < 1.29 is 9.53 Å². The Labute approximate surface area is 119 Å². The van der Waals surface area contributed by atoms with Crippen molar-refractivity contribution in [1.82, 2.24) is 0 Å².